The number of pyridine rings is 1. The lowest BCUT2D eigenvalue weighted by atomic mass is 9.88. The summed E-state index contributed by atoms with van der Waals surface area (Å²) in [5.41, 5.74) is 3.04. The number of aryl methyl sites for hydroxylation is 1. The quantitative estimate of drug-likeness (QED) is 0.772. The van der Waals surface area contributed by atoms with E-state index in [-0.39, 0.29) is 17.7 Å². The van der Waals surface area contributed by atoms with Crippen LogP contribution in [0.15, 0.2) is 60.8 Å². The highest BCUT2D eigenvalue weighted by molar-refractivity contribution is 6.03. The molecule has 4 nitrogen and oxygen atoms in total. The van der Waals surface area contributed by atoms with Crippen LogP contribution in [-0.4, -0.2) is 24.0 Å². The standard InChI is InChI=1S/C21H21N3O/c1-14-16-8-5-9-20(17(16)10-11-23-14)24-21(25)19-13-22-12-18(19)15-6-3-2-4-7-15/h2-11,18-19,22H,12-13H2,1H3,(H,24,25). The van der Waals surface area contributed by atoms with Crippen LogP contribution in [0.3, 0.4) is 0 Å². The van der Waals surface area contributed by atoms with E-state index in [0.717, 1.165) is 28.7 Å². The summed E-state index contributed by atoms with van der Waals surface area (Å²) in [6.45, 7) is 3.53. The number of hydrogen-bond acceptors (Lipinski definition) is 3. The van der Waals surface area contributed by atoms with Gasteiger partial charge in [0.15, 0.2) is 0 Å². The second-order valence-electron chi connectivity index (χ2n) is 6.57. The van der Waals surface area contributed by atoms with Crippen molar-refractivity contribution in [1.82, 2.24) is 10.3 Å². The molecule has 4 heteroatoms. The van der Waals surface area contributed by atoms with Crippen LogP contribution in [0.5, 0.6) is 0 Å². The molecule has 1 aliphatic heterocycles. The van der Waals surface area contributed by atoms with E-state index >= 15 is 0 Å². The number of rotatable bonds is 3. The molecule has 0 saturated carbocycles. The number of hydrogen-bond donors (Lipinski definition) is 2. The Kier molecular flexibility index (Phi) is 4.20. The zero-order chi connectivity index (χ0) is 17.2. The van der Waals surface area contributed by atoms with Crippen molar-refractivity contribution in [1.29, 1.82) is 0 Å². The first kappa shape index (κ1) is 15.8. The maximum absolute atomic E-state index is 13.0. The van der Waals surface area contributed by atoms with Gasteiger partial charge in [-0.25, -0.2) is 0 Å². The molecule has 1 aliphatic rings. The maximum atomic E-state index is 13.0. The van der Waals surface area contributed by atoms with Gasteiger partial charge in [-0.1, -0.05) is 42.5 Å². The van der Waals surface area contributed by atoms with Gasteiger partial charge in [-0.15, -0.1) is 0 Å². The monoisotopic (exact) mass is 331 g/mol. The van der Waals surface area contributed by atoms with Crippen molar-refractivity contribution in [3.8, 4) is 0 Å². The summed E-state index contributed by atoms with van der Waals surface area (Å²) in [6, 6.07) is 18.2. The number of aromatic nitrogens is 1. The first-order valence-corrected chi connectivity index (χ1v) is 8.65. The second-order valence-corrected chi connectivity index (χ2v) is 6.57. The van der Waals surface area contributed by atoms with E-state index in [1.165, 1.54) is 5.56 Å². The van der Waals surface area contributed by atoms with Crippen LogP contribution in [0.4, 0.5) is 5.69 Å². The smallest absolute Gasteiger partial charge is 0.229 e. The van der Waals surface area contributed by atoms with E-state index in [9.17, 15) is 4.79 Å². The number of amides is 1. The van der Waals surface area contributed by atoms with Crippen LogP contribution in [0.2, 0.25) is 0 Å². The first-order valence-electron chi connectivity index (χ1n) is 8.65. The van der Waals surface area contributed by atoms with Gasteiger partial charge in [0.2, 0.25) is 5.91 Å². The highest BCUT2D eigenvalue weighted by Crippen LogP contribution is 2.30. The van der Waals surface area contributed by atoms with Crippen molar-refractivity contribution >= 4 is 22.4 Å². The Bertz CT molecular complexity index is 907. The normalized spacial score (nSPS) is 19.9. The van der Waals surface area contributed by atoms with E-state index in [1.807, 2.05) is 49.4 Å². The molecule has 2 unspecified atom stereocenters. The molecular formula is C21H21N3O. The molecule has 126 valence electrons. The number of nitrogens with one attached hydrogen (secondary N) is 2. The van der Waals surface area contributed by atoms with Gasteiger partial charge in [0, 0.05) is 47.4 Å². The van der Waals surface area contributed by atoms with Gasteiger partial charge in [0.25, 0.3) is 0 Å². The fourth-order valence-electron chi connectivity index (χ4n) is 3.69. The molecule has 1 aromatic heterocycles. The van der Waals surface area contributed by atoms with E-state index in [1.54, 1.807) is 6.20 Å². The van der Waals surface area contributed by atoms with E-state index < -0.39 is 0 Å². The van der Waals surface area contributed by atoms with Crippen LogP contribution in [0.25, 0.3) is 10.8 Å². The molecule has 0 spiro atoms. The number of nitrogens with zero attached hydrogens (tertiary/aromatic N) is 1. The third kappa shape index (κ3) is 3.01. The van der Waals surface area contributed by atoms with Crippen LogP contribution >= 0.6 is 0 Å². The van der Waals surface area contributed by atoms with Crippen molar-refractivity contribution in [3.05, 3.63) is 72.1 Å². The van der Waals surface area contributed by atoms with Crippen molar-refractivity contribution in [2.45, 2.75) is 12.8 Å². The molecule has 1 saturated heterocycles. The number of benzene rings is 2. The van der Waals surface area contributed by atoms with E-state index in [4.69, 9.17) is 0 Å². The zero-order valence-corrected chi connectivity index (χ0v) is 14.2. The fraction of sp³-hybridized carbons (Fsp3) is 0.238. The topological polar surface area (TPSA) is 54.0 Å². The molecular weight excluding hydrogens is 310 g/mol. The summed E-state index contributed by atoms with van der Waals surface area (Å²) in [5.74, 6) is 0.209. The van der Waals surface area contributed by atoms with Gasteiger partial charge in [-0.2, -0.15) is 0 Å². The molecule has 0 bridgehead atoms. The Morgan fingerprint density at radius 1 is 1.04 bits per heavy atom. The molecule has 1 amide bonds. The lowest BCUT2D eigenvalue weighted by molar-refractivity contribution is -0.119. The molecule has 3 aromatic rings. The summed E-state index contributed by atoms with van der Waals surface area (Å²) >= 11 is 0. The molecule has 25 heavy (non-hydrogen) atoms. The number of fused-ring (bicyclic) bond motifs is 1. The summed E-state index contributed by atoms with van der Waals surface area (Å²) in [6.07, 6.45) is 1.79. The zero-order valence-electron chi connectivity index (χ0n) is 14.2. The van der Waals surface area contributed by atoms with Gasteiger partial charge in [0.05, 0.1) is 5.92 Å². The summed E-state index contributed by atoms with van der Waals surface area (Å²) < 4.78 is 0. The molecule has 2 atom stereocenters. The Morgan fingerprint density at radius 3 is 2.72 bits per heavy atom. The molecule has 1 fully saturated rings. The number of anilines is 1. The predicted molar refractivity (Wildman–Crippen MR) is 101 cm³/mol. The van der Waals surface area contributed by atoms with Gasteiger partial charge in [-0.05, 0) is 24.6 Å². The van der Waals surface area contributed by atoms with Gasteiger partial charge < -0.3 is 10.6 Å². The van der Waals surface area contributed by atoms with Crippen LogP contribution in [-0.2, 0) is 4.79 Å². The van der Waals surface area contributed by atoms with E-state index in [2.05, 4.69) is 27.8 Å². The van der Waals surface area contributed by atoms with Crippen molar-refractivity contribution in [3.63, 3.8) is 0 Å². The highest BCUT2D eigenvalue weighted by atomic mass is 16.1. The van der Waals surface area contributed by atoms with Gasteiger partial charge in [-0.3, -0.25) is 9.78 Å². The summed E-state index contributed by atoms with van der Waals surface area (Å²) in [7, 11) is 0. The minimum Gasteiger partial charge on any atom is -0.325 e. The Hall–Kier alpha value is -2.72. The SMILES string of the molecule is Cc1nccc2c(NC(=O)C3CNCC3c3ccccc3)cccc12. The summed E-state index contributed by atoms with van der Waals surface area (Å²) in [5, 5.41) is 8.62. The number of carbonyl (C=O) groups excluding carboxylic acids is 1. The molecule has 0 radical (unpaired) electrons. The second kappa shape index (κ2) is 6.65. The third-order valence-corrected chi connectivity index (χ3v) is 5.04. The fourth-order valence-corrected chi connectivity index (χ4v) is 3.69. The Morgan fingerprint density at radius 2 is 1.88 bits per heavy atom. The van der Waals surface area contributed by atoms with Crippen LogP contribution in [0, 0.1) is 12.8 Å². The minimum absolute atomic E-state index is 0.0689. The third-order valence-electron chi connectivity index (χ3n) is 5.04. The summed E-state index contributed by atoms with van der Waals surface area (Å²) in [4.78, 5) is 17.3. The first-order chi connectivity index (χ1) is 12.2. The maximum Gasteiger partial charge on any atom is 0.229 e. The molecule has 4 rings (SSSR count). The molecule has 2 N–H and O–H groups in total. The average molecular weight is 331 g/mol. The highest BCUT2D eigenvalue weighted by Gasteiger charge is 2.34. The molecule has 2 heterocycles. The Labute approximate surface area is 147 Å². The number of carbonyl (C=O) groups is 1. The van der Waals surface area contributed by atoms with Crippen LogP contribution in [0.1, 0.15) is 17.2 Å². The van der Waals surface area contributed by atoms with Gasteiger partial charge in [0.1, 0.15) is 0 Å². The lowest BCUT2D eigenvalue weighted by Gasteiger charge is -2.19. The van der Waals surface area contributed by atoms with Crippen molar-refractivity contribution in [2.24, 2.45) is 5.92 Å². The minimum atomic E-state index is -0.0689. The molecule has 2 aromatic carbocycles. The predicted octanol–water partition coefficient (Wildman–Crippen LogP) is 3.48. The van der Waals surface area contributed by atoms with E-state index in [0.29, 0.717) is 6.54 Å². The lowest BCUT2D eigenvalue weighted by Crippen LogP contribution is -2.28. The van der Waals surface area contributed by atoms with Crippen LogP contribution < -0.4 is 10.6 Å². The molecule has 0 aliphatic carbocycles. The van der Waals surface area contributed by atoms with Crippen molar-refractivity contribution in [2.75, 3.05) is 18.4 Å². The Balaban J connectivity index is 1.61. The van der Waals surface area contributed by atoms with Gasteiger partial charge >= 0.3 is 0 Å². The largest absolute Gasteiger partial charge is 0.325 e. The van der Waals surface area contributed by atoms with Crippen molar-refractivity contribution < 1.29 is 4.79 Å². The average Bonchev–Trinajstić information content (AvgIpc) is 3.13.